The molecule has 59 heavy (non-hydrogen) atoms. The molecule has 2 atom stereocenters. The summed E-state index contributed by atoms with van der Waals surface area (Å²) in [5, 5.41) is 40.1. The Kier molecular flexibility index (Phi) is 13.5. The van der Waals surface area contributed by atoms with Gasteiger partial charge in [-0.1, -0.05) is 36.4 Å². The number of hydrogen-bond acceptors (Lipinski definition) is 18. The molecule has 2 aliphatic heterocycles. The van der Waals surface area contributed by atoms with Crippen molar-refractivity contribution in [2.24, 2.45) is 20.4 Å². The smallest absolute Gasteiger partial charge is 0.446 e. The van der Waals surface area contributed by atoms with E-state index in [1.807, 2.05) is 0 Å². The summed E-state index contributed by atoms with van der Waals surface area (Å²) in [5.41, 5.74) is 3.72. The average Bonchev–Trinajstić information content (AvgIpc) is 3.61. The second-order valence-corrected chi connectivity index (χ2v) is 14.5. The van der Waals surface area contributed by atoms with Gasteiger partial charge in [0.25, 0.3) is 11.4 Å². The van der Waals surface area contributed by atoms with Crippen molar-refractivity contribution in [3.05, 3.63) is 126 Å². The Morgan fingerprint density at radius 3 is 1.25 bits per heavy atom. The number of Topliss-reactive ketones (excluding diaryl/α,β-unsaturated/α-hetero) is 2. The largest absolute Gasteiger partial charge is 0.744 e. The molecule has 0 saturated heterocycles. The van der Waals surface area contributed by atoms with Crippen molar-refractivity contribution in [3.63, 3.8) is 0 Å². The zero-order chi connectivity index (χ0) is 42.7. The van der Waals surface area contributed by atoms with Crippen LogP contribution in [-0.2, 0) is 47.2 Å². The van der Waals surface area contributed by atoms with Crippen molar-refractivity contribution in [2.75, 3.05) is 10.0 Å². The number of ketones is 2. The van der Waals surface area contributed by atoms with E-state index >= 15 is 0 Å². The number of hydrazone groups is 4. The van der Waals surface area contributed by atoms with E-state index in [9.17, 15) is 65.3 Å². The van der Waals surface area contributed by atoms with Gasteiger partial charge in [0.1, 0.15) is 41.5 Å². The second-order valence-electron chi connectivity index (χ2n) is 11.8. The Hall–Kier alpha value is -6.89. The number of nitro groups is 2. The van der Waals surface area contributed by atoms with E-state index in [1.165, 1.54) is 10.0 Å². The van der Waals surface area contributed by atoms with Gasteiger partial charge in [-0.3, -0.25) is 50.3 Å². The van der Waals surface area contributed by atoms with E-state index in [0.717, 1.165) is 12.2 Å². The molecule has 6 rings (SSSR count). The number of nitrogens with zero attached hydrogens (tertiary/aromatic N) is 8. The Morgan fingerprint density at radius 2 is 0.966 bits per heavy atom. The minimum Gasteiger partial charge on any atom is -0.744 e. The van der Waals surface area contributed by atoms with Crippen LogP contribution in [0.2, 0.25) is 0 Å². The van der Waals surface area contributed by atoms with Crippen molar-refractivity contribution in [1.82, 2.24) is 10.9 Å². The van der Waals surface area contributed by atoms with Crippen molar-refractivity contribution < 1.29 is 72.3 Å². The average molecular weight is 891 g/mol. The number of allylic oxidation sites excluding steroid dienone is 6. The first kappa shape index (κ1) is 44.8. The Balaban J connectivity index is 0.000000256. The summed E-state index contributed by atoms with van der Waals surface area (Å²) < 4.78 is 67.4. The summed E-state index contributed by atoms with van der Waals surface area (Å²) in [6.07, 6.45) is 2.20. The number of nitrogens with one attached hydrogen (secondary N) is 2. The summed E-state index contributed by atoms with van der Waals surface area (Å²) in [5.74, 6) is -3.17. The molecular formula is C32H26CrN10O14S2. The molecule has 2 aromatic carbocycles. The van der Waals surface area contributed by atoms with Crippen LogP contribution in [-0.4, -0.2) is 104 Å². The number of benzene rings is 2. The van der Waals surface area contributed by atoms with Crippen LogP contribution in [0.3, 0.4) is 0 Å². The van der Waals surface area contributed by atoms with Gasteiger partial charge >= 0.3 is 11.8 Å². The van der Waals surface area contributed by atoms with Crippen LogP contribution in [0.1, 0.15) is 13.8 Å². The zero-order valence-corrected chi connectivity index (χ0v) is 32.7. The van der Waals surface area contributed by atoms with Crippen molar-refractivity contribution >= 4 is 77.8 Å². The van der Waals surface area contributed by atoms with Crippen molar-refractivity contribution in [2.45, 2.75) is 25.9 Å². The summed E-state index contributed by atoms with van der Waals surface area (Å²) in [7, 11) is -10.5. The molecule has 24 nitrogen and oxygen atoms in total. The minimum absolute atomic E-state index is 0. The van der Waals surface area contributed by atoms with Crippen molar-refractivity contribution in [1.29, 1.82) is 0 Å². The number of carbonyl (C=O) groups excluding carboxylic acids is 4. The van der Waals surface area contributed by atoms with E-state index in [1.54, 1.807) is 74.5 Å². The Bertz CT molecular complexity index is 2460. The third-order valence-corrected chi connectivity index (χ3v) is 9.62. The molecule has 4 N–H and O–H groups in total. The van der Waals surface area contributed by atoms with Gasteiger partial charge in [0.15, 0.2) is 0 Å². The van der Waals surface area contributed by atoms with Gasteiger partial charge in [0, 0.05) is 41.7 Å². The maximum absolute atomic E-state index is 12.2. The summed E-state index contributed by atoms with van der Waals surface area (Å²) in [6.45, 7) is 3.12. The molecule has 2 unspecified atom stereocenters. The van der Waals surface area contributed by atoms with E-state index in [-0.39, 0.29) is 29.2 Å². The maximum atomic E-state index is 12.2. The quantitative estimate of drug-likeness (QED) is 0.102. The van der Waals surface area contributed by atoms with Gasteiger partial charge < -0.3 is 9.11 Å². The molecule has 2 amide bonds. The summed E-state index contributed by atoms with van der Waals surface area (Å²) in [4.78, 5) is 62.7. The predicted molar refractivity (Wildman–Crippen MR) is 202 cm³/mol. The van der Waals surface area contributed by atoms with Crippen LogP contribution in [0.4, 0.5) is 11.4 Å². The Labute approximate surface area is 342 Å². The third-order valence-electron chi connectivity index (χ3n) is 7.93. The molecule has 306 valence electrons. The number of rotatable bonds is 10. The van der Waals surface area contributed by atoms with Crippen LogP contribution < -0.4 is 20.9 Å². The van der Waals surface area contributed by atoms with Gasteiger partial charge in [-0.2, -0.15) is 30.4 Å². The molecule has 2 heterocycles. The van der Waals surface area contributed by atoms with E-state index in [0.29, 0.717) is 35.0 Å². The molecule has 2 aliphatic carbocycles. The van der Waals surface area contributed by atoms with E-state index in [4.69, 9.17) is 0 Å². The van der Waals surface area contributed by atoms with Gasteiger partial charge in [-0.25, -0.2) is 16.8 Å². The summed E-state index contributed by atoms with van der Waals surface area (Å²) >= 11 is 0. The van der Waals surface area contributed by atoms with Crippen LogP contribution in [0.5, 0.6) is 0 Å². The molecular weight excluding hydrogens is 865 g/mol. The van der Waals surface area contributed by atoms with Gasteiger partial charge in [-0.15, -0.1) is 0 Å². The molecule has 4 aliphatic rings. The molecule has 0 fully saturated rings. The predicted octanol–water partition coefficient (Wildman–Crippen LogP) is -0.259. The minimum atomic E-state index is -5.26. The fraction of sp³-hybridized carbons (Fsp3) is 0.125. The monoisotopic (exact) mass is 890 g/mol. The molecule has 0 spiro atoms. The standard InChI is InChI=1S/2C16H13N5O7S.Cr/c2*1-9-14(16(23)20(19-9)10-5-3-2-4-6-10)18-17-12-7-11(21(24)25)8-13(15(12)22)29(26,27)28;/h2*2-8,14,18H,1H3,(H,26,27,28);. The maximum Gasteiger partial charge on any atom is 0.446 e. The van der Waals surface area contributed by atoms with Gasteiger partial charge in [0.05, 0.1) is 32.6 Å². The van der Waals surface area contributed by atoms with Crippen LogP contribution in [0.25, 0.3) is 0 Å². The number of para-hydroxylation sites is 2. The first-order valence-electron chi connectivity index (χ1n) is 15.9. The topological polar surface area (TPSA) is 358 Å². The molecule has 0 bridgehead atoms. The summed E-state index contributed by atoms with van der Waals surface area (Å²) in [6, 6.07) is 15.3. The van der Waals surface area contributed by atoms with Crippen LogP contribution >= 0.6 is 0 Å². The van der Waals surface area contributed by atoms with Gasteiger partial charge in [-0.05, 0) is 38.1 Å². The number of carbonyl (C=O) groups is 2. The van der Waals surface area contributed by atoms with Gasteiger partial charge in [0.2, 0.25) is 23.7 Å². The van der Waals surface area contributed by atoms with E-state index in [2.05, 4.69) is 31.3 Å². The first-order valence-corrected chi connectivity index (χ1v) is 18.8. The molecule has 0 saturated carbocycles. The zero-order valence-electron chi connectivity index (χ0n) is 29.8. The SMILES string of the molecule is CC1=NN(c2ccccc2)C(=[OH+])C1NN=C1C=C([N+](=O)[O-])C=C(S(=O)(=O)[O-])C1=O.CC1=NN(c2ccccc2)C(=[OH+])C1NN=C1C=C([N+](=O)[O-])C=C(S(=O)(=O)[O-])C1=O.[Cr]. The van der Waals surface area contributed by atoms with Crippen molar-refractivity contribution in [3.8, 4) is 0 Å². The fourth-order valence-electron chi connectivity index (χ4n) is 5.14. The van der Waals surface area contributed by atoms with Crippen LogP contribution in [0.15, 0.2) is 127 Å². The van der Waals surface area contributed by atoms with E-state index < -0.39 is 86.4 Å². The molecule has 2 aromatic rings. The first-order chi connectivity index (χ1) is 27.2. The molecule has 0 radical (unpaired) electrons. The molecule has 0 aromatic heterocycles. The Morgan fingerprint density at radius 1 is 0.644 bits per heavy atom. The normalized spacial score (nSPS) is 20.7. The second kappa shape index (κ2) is 17.7. The fourth-order valence-corrected chi connectivity index (χ4v) is 6.33. The third kappa shape index (κ3) is 9.99. The number of hydrogen-bond donors (Lipinski definition) is 2. The number of anilines is 2. The number of amides is 2. The van der Waals surface area contributed by atoms with Crippen LogP contribution in [0, 0.1) is 20.2 Å². The molecule has 27 heteroatoms.